The molecule has 7 nitrogen and oxygen atoms in total. The fourth-order valence-corrected chi connectivity index (χ4v) is 5.41. The number of aromatic nitrogens is 2. The van der Waals surface area contributed by atoms with Crippen LogP contribution in [-0.2, 0) is 17.0 Å². The number of likely N-dealkylation sites (tertiary alicyclic amines) is 1. The molecular formula is C20H34BrN3O4Si. The van der Waals surface area contributed by atoms with Gasteiger partial charge in [0, 0.05) is 21.2 Å². The molecule has 1 aliphatic rings. The van der Waals surface area contributed by atoms with Crippen molar-refractivity contribution in [1.29, 1.82) is 0 Å². The van der Waals surface area contributed by atoms with Crippen molar-refractivity contribution in [3.63, 3.8) is 0 Å². The van der Waals surface area contributed by atoms with Crippen molar-refractivity contribution in [1.82, 2.24) is 14.5 Å². The molecule has 1 amide bonds. The maximum Gasteiger partial charge on any atom is 0.408 e. The fourth-order valence-electron chi connectivity index (χ4n) is 4.18. The van der Waals surface area contributed by atoms with Gasteiger partial charge in [0.25, 0.3) is 0 Å². The minimum Gasteiger partial charge on any atom is -0.465 e. The molecule has 1 fully saturated rings. The highest BCUT2D eigenvalue weighted by atomic mass is 79.9. The first-order valence-corrected chi connectivity index (χ1v) is 14.5. The molecule has 2 heterocycles. The monoisotopic (exact) mass is 487 g/mol. The number of halogens is 1. The molecule has 164 valence electrons. The van der Waals surface area contributed by atoms with E-state index in [0.29, 0.717) is 35.7 Å². The van der Waals surface area contributed by atoms with Gasteiger partial charge in [-0.05, 0) is 39.7 Å². The average molecular weight is 488 g/mol. The zero-order chi connectivity index (χ0) is 22.2. The summed E-state index contributed by atoms with van der Waals surface area (Å²) in [4.78, 5) is 30.2. The van der Waals surface area contributed by atoms with E-state index in [1.54, 1.807) is 4.57 Å². The maximum absolute atomic E-state index is 12.2. The molecule has 9 heteroatoms. The van der Waals surface area contributed by atoms with Crippen molar-refractivity contribution < 1.29 is 19.4 Å². The van der Waals surface area contributed by atoms with Gasteiger partial charge in [0.15, 0.2) is 6.29 Å². The van der Waals surface area contributed by atoms with Crippen LogP contribution in [0.2, 0.25) is 25.7 Å². The van der Waals surface area contributed by atoms with Crippen molar-refractivity contribution in [2.24, 2.45) is 11.3 Å². The van der Waals surface area contributed by atoms with Gasteiger partial charge in [-0.3, -0.25) is 14.3 Å². The Balaban J connectivity index is 2.55. The summed E-state index contributed by atoms with van der Waals surface area (Å²) in [6, 6.07) is 1.01. The van der Waals surface area contributed by atoms with Gasteiger partial charge < -0.3 is 9.84 Å². The average Bonchev–Trinajstić information content (AvgIpc) is 3.08. The zero-order valence-corrected chi connectivity index (χ0v) is 21.2. The van der Waals surface area contributed by atoms with Crippen molar-refractivity contribution in [2.45, 2.75) is 72.1 Å². The Morgan fingerprint density at radius 2 is 2.03 bits per heavy atom. The van der Waals surface area contributed by atoms with E-state index in [1.165, 1.54) is 4.90 Å². The smallest absolute Gasteiger partial charge is 0.408 e. The Morgan fingerprint density at radius 1 is 1.41 bits per heavy atom. The quantitative estimate of drug-likeness (QED) is 0.331. The van der Waals surface area contributed by atoms with Crippen LogP contribution in [-0.4, -0.2) is 53.2 Å². The molecule has 1 N–H and O–H groups in total. The lowest BCUT2D eigenvalue weighted by Gasteiger charge is -2.46. The van der Waals surface area contributed by atoms with Crippen LogP contribution in [0.15, 0.2) is 4.60 Å². The molecule has 2 atom stereocenters. The number of nitrogens with zero attached hydrogens (tertiary/aromatic N) is 3. The summed E-state index contributed by atoms with van der Waals surface area (Å²) in [7, 11) is -1.25. The van der Waals surface area contributed by atoms with Crippen LogP contribution in [0.25, 0.3) is 0 Å². The van der Waals surface area contributed by atoms with Crippen molar-refractivity contribution >= 4 is 36.4 Å². The number of rotatable bonds is 7. The molecule has 0 unspecified atom stereocenters. The lowest BCUT2D eigenvalue weighted by Crippen LogP contribution is -2.54. The number of carbonyl (C=O) groups excluding carboxylic acids is 1. The molecule has 1 saturated heterocycles. The standard InChI is InChI=1S/C20H34BrN3O4Si/c1-14-10-20(19(2,3)4,24(11-14)18(26)27)17-22-16(21)15(12-25)23(17)13-28-8-9-29(5,6)7/h12,14H,8-11,13H2,1-7H3,(H,26,27)/t14-,20+/m0/s1. The Hall–Kier alpha value is -1.19. The maximum atomic E-state index is 12.2. The summed E-state index contributed by atoms with van der Waals surface area (Å²) in [5.41, 5.74) is -0.914. The number of ether oxygens (including phenoxy) is 1. The third-order valence-corrected chi connectivity index (χ3v) is 8.02. The third kappa shape index (κ3) is 4.77. The topological polar surface area (TPSA) is 84.7 Å². The van der Waals surface area contributed by atoms with Crippen LogP contribution in [0.3, 0.4) is 0 Å². The fraction of sp³-hybridized carbons (Fsp3) is 0.750. The SMILES string of the molecule is C[C@@H]1CN(C(=O)O)[C@](c2nc(Br)c(C=O)n2COCC[Si](C)(C)C)(C(C)(C)C)C1. The molecule has 0 aliphatic carbocycles. The molecule has 29 heavy (non-hydrogen) atoms. The summed E-state index contributed by atoms with van der Waals surface area (Å²) in [6.07, 6.45) is 0.420. The van der Waals surface area contributed by atoms with Crippen LogP contribution < -0.4 is 0 Å². The van der Waals surface area contributed by atoms with Gasteiger partial charge in [0.2, 0.25) is 0 Å². The van der Waals surface area contributed by atoms with E-state index in [1.807, 2.05) is 20.8 Å². The van der Waals surface area contributed by atoms with Gasteiger partial charge in [-0.25, -0.2) is 9.78 Å². The van der Waals surface area contributed by atoms with Crippen molar-refractivity contribution in [2.75, 3.05) is 13.2 Å². The number of amides is 1. The van der Waals surface area contributed by atoms with Gasteiger partial charge in [-0.2, -0.15) is 0 Å². The first kappa shape index (κ1) is 24.1. The number of imidazole rings is 1. The van der Waals surface area contributed by atoms with Crippen molar-refractivity contribution in [3.05, 3.63) is 16.1 Å². The van der Waals surface area contributed by atoms with Gasteiger partial charge >= 0.3 is 6.09 Å². The van der Waals surface area contributed by atoms with E-state index in [0.717, 1.165) is 12.3 Å². The number of carbonyl (C=O) groups is 2. The van der Waals surface area contributed by atoms with Gasteiger partial charge in [0.05, 0.1) is 0 Å². The van der Waals surface area contributed by atoms with Gasteiger partial charge in [-0.1, -0.05) is 47.3 Å². The van der Waals surface area contributed by atoms with Crippen LogP contribution in [0.5, 0.6) is 0 Å². The van der Waals surface area contributed by atoms with E-state index < -0.39 is 25.1 Å². The number of hydrogen-bond donors (Lipinski definition) is 1. The van der Waals surface area contributed by atoms with Crippen LogP contribution >= 0.6 is 15.9 Å². The summed E-state index contributed by atoms with van der Waals surface area (Å²) in [5.74, 6) is 0.750. The number of aldehydes is 1. The summed E-state index contributed by atoms with van der Waals surface area (Å²) >= 11 is 3.40. The molecular weight excluding hydrogens is 454 g/mol. The molecule has 1 aromatic rings. The number of hydrogen-bond acceptors (Lipinski definition) is 4. The normalized spacial score (nSPS) is 22.9. The molecule has 1 aliphatic heterocycles. The molecule has 1 aromatic heterocycles. The minimum absolute atomic E-state index is 0.173. The molecule has 0 saturated carbocycles. The van der Waals surface area contributed by atoms with E-state index >= 15 is 0 Å². The molecule has 0 spiro atoms. The lowest BCUT2D eigenvalue weighted by atomic mass is 9.70. The predicted octanol–water partition coefficient (Wildman–Crippen LogP) is 5.03. The Morgan fingerprint density at radius 3 is 2.52 bits per heavy atom. The minimum atomic E-state index is -1.25. The van der Waals surface area contributed by atoms with E-state index in [9.17, 15) is 14.7 Å². The Kier molecular flexibility index (Phi) is 7.06. The highest BCUT2D eigenvalue weighted by Gasteiger charge is 2.58. The Bertz CT molecular complexity index is 769. The molecule has 0 bridgehead atoms. The zero-order valence-electron chi connectivity index (χ0n) is 18.6. The molecule has 2 rings (SSSR count). The predicted molar refractivity (Wildman–Crippen MR) is 119 cm³/mol. The highest BCUT2D eigenvalue weighted by molar-refractivity contribution is 9.10. The number of carboxylic acid groups (broad SMARTS) is 1. The summed E-state index contributed by atoms with van der Waals surface area (Å²) in [5, 5.41) is 10.0. The van der Waals surface area contributed by atoms with Gasteiger partial charge in [0.1, 0.15) is 28.4 Å². The lowest BCUT2D eigenvalue weighted by molar-refractivity contribution is 0.00875. The highest BCUT2D eigenvalue weighted by Crippen LogP contribution is 2.53. The van der Waals surface area contributed by atoms with E-state index in [2.05, 4.69) is 47.5 Å². The largest absolute Gasteiger partial charge is 0.465 e. The van der Waals surface area contributed by atoms with Crippen molar-refractivity contribution in [3.8, 4) is 0 Å². The van der Waals surface area contributed by atoms with E-state index in [4.69, 9.17) is 4.74 Å². The van der Waals surface area contributed by atoms with Crippen LogP contribution in [0, 0.1) is 11.3 Å². The molecule has 0 aromatic carbocycles. The van der Waals surface area contributed by atoms with Crippen LogP contribution in [0.4, 0.5) is 4.79 Å². The summed E-state index contributed by atoms with van der Waals surface area (Å²) in [6.45, 7) is 16.2. The first-order valence-electron chi connectivity index (χ1n) is 10.0. The Labute approximate surface area is 183 Å². The second-order valence-electron chi connectivity index (χ2n) is 10.3. The first-order chi connectivity index (χ1) is 13.2. The molecule has 0 radical (unpaired) electrons. The second kappa shape index (κ2) is 8.51. The second-order valence-corrected chi connectivity index (χ2v) is 16.7. The third-order valence-electron chi connectivity index (χ3n) is 5.73. The van der Waals surface area contributed by atoms with Crippen LogP contribution in [0.1, 0.15) is 50.4 Å². The van der Waals surface area contributed by atoms with Gasteiger partial charge in [-0.15, -0.1) is 0 Å². The van der Waals surface area contributed by atoms with E-state index in [-0.39, 0.29) is 12.6 Å². The summed E-state index contributed by atoms with van der Waals surface area (Å²) < 4.78 is 8.12.